The number of nitrogens with zero attached hydrogens (tertiary/aromatic N) is 1. The highest BCUT2D eigenvalue weighted by molar-refractivity contribution is 9.10. The van der Waals surface area contributed by atoms with Crippen LogP contribution in [-0.2, 0) is 16.1 Å². The molecular weight excluding hydrogens is 390 g/mol. The highest BCUT2D eigenvalue weighted by Crippen LogP contribution is 2.24. The number of ether oxygens (including phenoxy) is 1. The number of halogens is 1. The Kier molecular flexibility index (Phi) is 5.27. The van der Waals surface area contributed by atoms with E-state index in [0.29, 0.717) is 10.4 Å². The molecule has 0 radical (unpaired) electrons. The zero-order valence-electron chi connectivity index (χ0n) is 12.9. The lowest BCUT2D eigenvalue weighted by Crippen LogP contribution is -2.00. The van der Waals surface area contributed by atoms with Gasteiger partial charge < -0.3 is 9.15 Å². The van der Waals surface area contributed by atoms with Gasteiger partial charge in [-0.2, -0.15) is 0 Å². The van der Waals surface area contributed by atoms with E-state index in [2.05, 4.69) is 20.9 Å². The van der Waals surface area contributed by atoms with E-state index in [1.807, 2.05) is 36.6 Å². The van der Waals surface area contributed by atoms with Crippen molar-refractivity contribution in [1.29, 1.82) is 0 Å². The van der Waals surface area contributed by atoms with Crippen molar-refractivity contribution >= 4 is 39.3 Å². The van der Waals surface area contributed by atoms with Crippen molar-refractivity contribution in [3.63, 3.8) is 0 Å². The molecule has 24 heavy (non-hydrogen) atoms. The lowest BCUT2D eigenvalue weighted by molar-refractivity contribution is -0.139. The van der Waals surface area contributed by atoms with Gasteiger partial charge in [-0.05, 0) is 41.1 Å². The van der Waals surface area contributed by atoms with Gasteiger partial charge in [-0.1, -0.05) is 29.8 Å². The van der Waals surface area contributed by atoms with Crippen LogP contribution in [0.4, 0.5) is 0 Å². The maximum absolute atomic E-state index is 11.7. The maximum atomic E-state index is 11.7. The van der Waals surface area contributed by atoms with Crippen molar-refractivity contribution in [2.45, 2.75) is 13.5 Å². The first-order chi connectivity index (χ1) is 11.6. The Balaban J connectivity index is 1.56. The fourth-order valence-electron chi connectivity index (χ4n) is 1.96. The maximum Gasteiger partial charge on any atom is 0.331 e. The Morgan fingerprint density at radius 1 is 1.29 bits per heavy atom. The molecule has 0 spiro atoms. The monoisotopic (exact) mass is 403 g/mol. The van der Waals surface area contributed by atoms with Gasteiger partial charge in [0, 0.05) is 17.0 Å². The molecule has 0 saturated carbocycles. The number of aromatic nitrogens is 1. The average Bonchev–Trinajstić information content (AvgIpc) is 3.21. The van der Waals surface area contributed by atoms with Gasteiger partial charge in [-0.25, -0.2) is 9.78 Å². The summed E-state index contributed by atoms with van der Waals surface area (Å²) >= 11 is 4.73. The molecule has 0 aliphatic carbocycles. The molecule has 0 N–H and O–H groups in total. The number of benzene rings is 1. The van der Waals surface area contributed by atoms with Gasteiger partial charge in [0.05, 0.1) is 5.69 Å². The third-order valence-electron chi connectivity index (χ3n) is 3.19. The molecule has 0 unspecified atom stereocenters. The molecule has 6 heteroatoms. The lowest BCUT2D eigenvalue weighted by Gasteiger charge is -1.99. The van der Waals surface area contributed by atoms with E-state index in [4.69, 9.17) is 9.15 Å². The second-order valence-electron chi connectivity index (χ2n) is 5.09. The van der Waals surface area contributed by atoms with Crippen molar-refractivity contribution in [2.24, 2.45) is 0 Å². The van der Waals surface area contributed by atoms with Gasteiger partial charge in [-0.15, -0.1) is 11.3 Å². The van der Waals surface area contributed by atoms with Gasteiger partial charge in [0.1, 0.15) is 17.4 Å². The van der Waals surface area contributed by atoms with E-state index in [0.717, 1.165) is 16.3 Å². The number of aryl methyl sites for hydroxylation is 1. The minimum Gasteiger partial charge on any atom is -0.456 e. The summed E-state index contributed by atoms with van der Waals surface area (Å²) < 4.78 is 11.1. The highest BCUT2D eigenvalue weighted by Gasteiger charge is 2.06. The largest absolute Gasteiger partial charge is 0.456 e. The minimum atomic E-state index is -0.438. The second-order valence-corrected chi connectivity index (χ2v) is 6.73. The minimum absolute atomic E-state index is 0.146. The number of furan rings is 1. The zero-order chi connectivity index (χ0) is 16.9. The molecule has 0 saturated heterocycles. The van der Waals surface area contributed by atoms with Gasteiger partial charge in [0.2, 0.25) is 0 Å². The van der Waals surface area contributed by atoms with Crippen molar-refractivity contribution < 1.29 is 13.9 Å². The summed E-state index contributed by atoms with van der Waals surface area (Å²) in [6.45, 7) is 2.19. The van der Waals surface area contributed by atoms with Crippen molar-refractivity contribution in [3.05, 3.63) is 69.5 Å². The van der Waals surface area contributed by atoms with Crippen LogP contribution in [0.15, 0.2) is 56.9 Å². The highest BCUT2D eigenvalue weighted by atomic mass is 79.9. The van der Waals surface area contributed by atoms with Crippen LogP contribution in [0.5, 0.6) is 0 Å². The van der Waals surface area contributed by atoms with Gasteiger partial charge in [-0.3, -0.25) is 0 Å². The molecule has 0 bridgehead atoms. The Labute approximate surface area is 151 Å². The summed E-state index contributed by atoms with van der Waals surface area (Å²) in [4.78, 5) is 16.2. The quantitative estimate of drug-likeness (QED) is 0.432. The van der Waals surface area contributed by atoms with Crippen LogP contribution in [0.25, 0.3) is 16.6 Å². The first kappa shape index (κ1) is 16.7. The smallest absolute Gasteiger partial charge is 0.331 e. The Morgan fingerprint density at radius 3 is 2.79 bits per heavy atom. The topological polar surface area (TPSA) is 52.3 Å². The number of carbonyl (C=O) groups is 1. The summed E-state index contributed by atoms with van der Waals surface area (Å²) in [6.07, 6.45) is 2.89. The van der Waals surface area contributed by atoms with Crippen LogP contribution in [0.1, 0.15) is 17.0 Å². The summed E-state index contributed by atoms with van der Waals surface area (Å²) in [5.41, 5.74) is 3.00. The van der Waals surface area contributed by atoms with Crippen molar-refractivity contribution in [3.8, 4) is 10.6 Å². The third-order valence-corrected chi connectivity index (χ3v) is 4.56. The summed E-state index contributed by atoms with van der Waals surface area (Å²) in [5, 5.41) is 2.81. The Hall–Kier alpha value is -2.18. The molecule has 0 amide bonds. The number of carbonyl (C=O) groups excluding carboxylic acids is 1. The van der Waals surface area contributed by atoms with Gasteiger partial charge >= 0.3 is 5.97 Å². The Bertz CT molecular complexity index is 865. The summed E-state index contributed by atoms with van der Waals surface area (Å²) in [5.74, 6) is 0.140. The average molecular weight is 404 g/mol. The van der Waals surface area contributed by atoms with Crippen LogP contribution >= 0.6 is 27.3 Å². The summed E-state index contributed by atoms with van der Waals surface area (Å²) in [7, 11) is 0. The predicted octanol–water partition coefficient (Wildman–Crippen LogP) is 5.23. The number of esters is 1. The molecule has 0 aliphatic rings. The molecule has 0 aliphatic heterocycles. The number of hydrogen-bond acceptors (Lipinski definition) is 5. The molecular formula is C18H14BrNO3S. The molecule has 2 aromatic heterocycles. The number of rotatable bonds is 5. The molecule has 122 valence electrons. The second kappa shape index (κ2) is 7.59. The number of hydrogen-bond donors (Lipinski definition) is 0. The van der Waals surface area contributed by atoms with E-state index < -0.39 is 5.97 Å². The zero-order valence-corrected chi connectivity index (χ0v) is 15.3. The van der Waals surface area contributed by atoms with Crippen molar-refractivity contribution in [2.75, 3.05) is 0 Å². The van der Waals surface area contributed by atoms with E-state index >= 15 is 0 Å². The van der Waals surface area contributed by atoms with E-state index in [-0.39, 0.29) is 6.61 Å². The van der Waals surface area contributed by atoms with Crippen LogP contribution in [0, 0.1) is 6.92 Å². The van der Waals surface area contributed by atoms with E-state index in [1.165, 1.54) is 23.0 Å². The van der Waals surface area contributed by atoms with Crippen LogP contribution < -0.4 is 0 Å². The molecule has 3 rings (SSSR count). The molecule has 0 fully saturated rings. The molecule has 3 aromatic rings. The molecule has 4 nitrogen and oxygen atoms in total. The van der Waals surface area contributed by atoms with Crippen LogP contribution in [0.3, 0.4) is 0 Å². The van der Waals surface area contributed by atoms with Gasteiger partial charge in [0.25, 0.3) is 0 Å². The fourth-order valence-corrected chi connectivity index (χ4v) is 3.09. The molecule has 0 atom stereocenters. The van der Waals surface area contributed by atoms with Crippen LogP contribution in [-0.4, -0.2) is 11.0 Å². The lowest BCUT2D eigenvalue weighted by atomic mass is 10.2. The third kappa shape index (κ3) is 4.43. The molecule has 1 aromatic carbocycles. The Morgan fingerprint density at radius 2 is 2.08 bits per heavy atom. The van der Waals surface area contributed by atoms with E-state index in [9.17, 15) is 4.79 Å². The van der Waals surface area contributed by atoms with Crippen molar-refractivity contribution in [1.82, 2.24) is 4.98 Å². The summed E-state index contributed by atoms with van der Waals surface area (Å²) in [6, 6.07) is 11.7. The predicted molar refractivity (Wildman–Crippen MR) is 97.5 cm³/mol. The molecule has 2 heterocycles. The number of thiazole rings is 1. The first-order valence-electron chi connectivity index (χ1n) is 7.22. The standard InChI is InChI=1S/C18H14BrNO3S/c1-12-2-4-13(5-3-12)18-20-14(11-24-18)10-22-17(21)9-7-15-6-8-16(19)23-15/h2-9,11H,10H2,1H3/b9-7+. The van der Waals surface area contributed by atoms with E-state index in [1.54, 1.807) is 18.2 Å². The SMILES string of the molecule is Cc1ccc(-c2nc(COC(=O)/C=C/c3ccc(Br)o3)cs2)cc1. The normalized spacial score (nSPS) is 11.1. The first-order valence-corrected chi connectivity index (χ1v) is 8.89. The van der Waals surface area contributed by atoms with Crippen LogP contribution in [0.2, 0.25) is 0 Å². The van der Waals surface area contributed by atoms with Gasteiger partial charge in [0.15, 0.2) is 4.67 Å². The fraction of sp³-hybridized carbons (Fsp3) is 0.111.